The number of aryl methyl sites for hydroxylation is 2. The summed E-state index contributed by atoms with van der Waals surface area (Å²) >= 11 is 7.49. The molecule has 0 spiro atoms. The quantitative estimate of drug-likeness (QED) is 0.653. The topological polar surface area (TPSA) is 81.1 Å². The van der Waals surface area contributed by atoms with Gasteiger partial charge >= 0.3 is 0 Å². The lowest BCUT2D eigenvalue weighted by Crippen LogP contribution is -2.41. The van der Waals surface area contributed by atoms with E-state index in [1.807, 2.05) is 48.9 Å². The minimum Gasteiger partial charge on any atom is -0.497 e. The number of benzene rings is 2. The normalized spacial score (nSPS) is 17.9. The summed E-state index contributed by atoms with van der Waals surface area (Å²) in [6.07, 6.45) is 0. The van der Waals surface area contributed by atoms with Crippen LogP contribution in [0.5, 0.6) is 5.75 Å². The molecule has 1 aliphatic heterocycles. The van der Waals surface area contributed by atoms with Gasteiger partial charge in [-0.2, -0.15) is 0 Å². The molecule has 2 atom stereocenters. The molecule has 0 aliphatic carbocycles. The molecule has 0 bridgehead atoms. The molecule has 0 saturated carbocycles. The molecule has 3 aromatic rings. The van der Waals surface area contributed by atoms with Gasteiger partial charge in [0.25, 0.3) is 0 Å². The Morgan fingerprint density at radius 2 is 1.97 bits per heavy atom. The lowest BCUT2D eigenvalue weighted by molar-refractivity contribution is -0.116. The summed E-state index contributed by atoms with van der Waals surface area (Å²) < 4.78 is 7.07. The Morgan fingerprint density at radius 1 is 1.21 bits per heavy atom. The summed E-state index contributed by atoms with van der Waals surface area (Å²) in [5.41, 5.74) is 5.98. The van der Waals surface area contributed by atoms with E-state index >= 15 is 0 Å². The van der Waals surface area contributed by atoms with Crippen LogP contribution in [-0.4, -0.2) is 33.1 Å². The predicted molar refractivity (Wildman–Crippen MR) is 114 cm³/mol. The van der Waals surface area contributed by atoms with Gasteiger partial charge in [0.15, 0.2) is 0 Å². The maximum atomic E-state index is 13.3. The molecule has 29 heavy (non-hydrogen) atoms. The first-order valence-corrected chi connectivity index (χ1v) is 10.3. The number of anilines is 1. The minimum atomic E-state index is -0.460. The van der Waals surface area contributed by atoms with Crippen LogP contribution in [0.2, 0.25) is 5.02 Å². The van der Waals surface area contributed by atoms with Crippen molar-refractivity contribution in [3.05, 3.63) is 64.4 Å². The Kier molecular flexibility index (Phi) is 5.38. The number of ether oxygens (including phenoxy) is 1. The van der Waals surface area contributed by atoms with Crippen LogP contribution in [0, 0.1) is 13.8 Å². The van der Waals surface area contributed by atoms with Crippen LogP contribution in [0.15, 0.2) is 47.6 Å². The van der Waals surface area contributed by atoms with E-state index in [1.165, 1.54) is 11.8 Å². The standard InChI is InChI=1S/C20H20ClN5O2S/c1-11-4-7-14(21)10-16(11)22-19(27)18-17(13-5-8-15(28-3)9-6-13)25-26-12(2)23-24-20(26)29-18/h4-10,17-18,25H,1-3H3,(H,22,27)/t17-,18+/m0/s1. The van der Waals surface area contributed by atoms with Crippen LogP contribution < -0.4 is 15.5 Å². The molecule has 0 radical (unpaired) electrons. The number of rotatable bonds is 4. The van der Waals surface area contributed by atoms with E-state index < -0.39 is 5.25 Å². The Morgan fingerprint density at radius 3 is 2.69 bits per heavy atom. The molecule has 2 heterocycles. The van der Waals surface area contributed by atoms with Gasteiger partial charge in [-0.3, -0.25) is 4.79 Å². The van der Waals surface area contributed by atoms with Gasteiger partial charge in [-0.05, 0) is 49.2 Å². The fourth-order valence-electron chi connectivity index (χ4n) is 3.15. The van der Waals surface area contributed by atoms with Crippen LogP contribution in [0.25, 0.3) is 0 Å². The molecule has 0 fully saturated rings. The van der Waals surface area contributed by atoms with Crippen molar-refractivity contribution in [1.82, 2.24) is 14.9 Å². The second kappa shape index (κ2) is 7.96. The number of nitrogens with zero attached hydrogens (tertiary/aromatic N) is 3. The fraction of sp³-hybridized carbons (Fsp3) is 0.250. The summed E-state index contributed by atoms with van der Waals surface area (Å²) in [5, 5.41) is 12.1. The van der Waals surface area contributed by atoms with E-state index in [9.17, 15) is 4.79 Å². The van der Waals surface area contributed by atoms with Crippen LogP contribution in [-0.2, 0) is 4.79 Å². The number of amides is 1. The molecular formula is C20H20ClN5O2S. The monoisotopic (exact) mass is 429 g/mol. The van der Waals surface area contributed by atoms with Gasteiger partial charge in [0, 0.05) is 10.7 Å². The lowest BCUT2D eigenvalue weighted by atomic mass is 10.0. The number of hydrogen-bond acceptors (Lipinski definition) is 6. The number of fused-ring (bicyclic) bond motifs is 1. The van der Waals surface area contributed by atoms with Gasteiger partial charge in [0.2, 0.25) is 11.1 Å². The number of thioether (sulfide) groups is 1. The largest absolute Gasteiger partial charge is 0.497 e. The average molecular weight is 430 g/mol. The second-order valence-electron chi connectivity index (χ2n) is 6.73. The zero-order chi connectivity index (χ0) is 20.5. The SMILES string of the molecule is COc1ccc([C@@H]2Nn3c(C)nnc3S[C@H]2C(=O)Nc2cc(Cl)ccc2C)cc1. The molecule has 4 rings (SSSR count). The number of carbonyl (C=O) groups excluding carboxylic acids is 1. The molecule has 1 aliphatic rings. The van der Waals surface area contributed by atoms with Crippen molar-refractivity contribution in [1.29, 1.82) is 0 Å². The third-order valence-electron chi connectivity index (χ3n) is 4.79. The zero-order valence-corrected chi connectivity index (χ0v) is 17.7. The van der Waals surface area contributed by atoms with Gasteiger partial charge < -0.3 is 15.5 Å². The summed E-state index contributed by atoms with van der Waals surface area (Å²) in [5.74, 6) is 1.35. The van der Waals surface area contributed by atoms with Gasteiger partial charge in [0.05, 0.1) is 13.2 Å². The van der Waals surface area contributed by atoms with Crippen LogP contribution in [0.4, 0.5) is 5.69 Å². The van der Waals surface area contributed by atoms with Gasteiger partial charge in [-0.25, -0.2) is 4.68 Å². The van der Waals surface area contributed by atoms with Crippen LogP contribution >= 0.6 is 23.4 Å². The molecule has 0 saturated heterocycles. The highest BCUT2D eigenvalue weighted by Gasteiger charge is 2.37. The summed E-state index contributed by atoms with van der Waals surface area (Å²) in [6, 6.07) is 12.8. The molecule has 9 heteroatoms. The lowest BCUT2D eigenvalue weighted by Gasteiger charge is -2.33. The first-order chi connectivity index (χ1) is 14.0. The first kappa shape index (κ1) is 19.6. The highest BCUT2D eigenvalue weighted by Crippen LogP contribution is 2.38. The zero-order valence-electron chi connectivity index (χ0n) is 16.1. The van der Waals surface area contributed by atoms with Crippen molar-refractivity contribution in [2.45, 2.75) is 30.3 Å². The van der Waals surface area contributed by atoms with Crippen LogP contribution in [0.3, 0.4) is 0 Å². The van der Waals surface area contributed by atoms with Crippen molar-refractivity contribution in [2.75, 3.05) is 17.9 Å². The molecule has 1 amide bonds. The van der Waals surface area contributed by atoms with Crippen molar-refractivity contribution in [3.8, 4) is 5.75 Å². The summed E-state index contributed by atoms with van der Waals surface area (Å²) in [6.45, 7) is 3.80. The maximum Gasteiger partial charge on any atom is 0.240 e. The van der Waals surface area contributed by atoms with E-state index in [4.69, 9.17) is 16.3 Å². The van der Waals surface area contributed by atoms with Crippen molar-refractivity contribution < 1.29 is 9.53 Å². The molecule has 7 nitrogen and oxygen atoms in total. The second-order valence-corrected chi connectivity index (χ2v) is 8.28. The van der Waals surface area contributed by atoms with Gasteiger partial charge in [-0.15, -0.1) is 10.2 Å². The number of carbonyl (C=O) groups is 1. The first-order valence-electron chi connectivity index (χ1n) is 9.02. The predicted octanol–water partition coefficient (Wildman–Crippen LogP) is 3.95. The maximum absolute atomic E-state index is 13.3. The highest BCUT2D eigenvalue weighted by molar-refractivity contribution is 8.00. The highest BCUT2D eigenvalue weighted by atomic mass is 35.5. The fourth-order valence-corrected chi connectivity index (χ4v) is 4.45. The number of hydrogen-bond donors (Lipinski definition) is 2. The number of halogens is 1. The van der Waals surface area contributed by atoms with Gasteiger partial charge in [0.1, 0.15) is 16.8 Å². The minimum absolute atomic E-state index is 0.138. The third-order valence-corrected chi connectivity index (χ3v) is 6.24. The summed E-state index contributed by atoms with van der Waals surface area (Å²) in [4.78, 5) is 13.3. The number of aromatic nitrogens is 3. The number of methoxy groups -OCH3 is 1. The Labute approximate surface area is 177 Å². The molecular weight excluding hydrogens is 410 g/mol. The van der Waals surface area contributed by atoms with E-state index in [0.717, 1.165) is 22.7 Å². The van der Waals surface area contributed by atoms with Crippen molar-refractivity contribution >= 4 is 35.0 Å². The molecule has 2 aromatic carbocycles. The van der Waals surface area contributed by atoms with Gasteiger partial charge in [-0.1, -0.05) is 41.6 Å². The Hall–Kier alpha value is -2.71. The third kappa shape index (κ3) is 3.90. The molecule has 0 unspecified atom stereocenters. The van der Waals surface area contributed by atoms with Crippen molar-refractivity contribution in [3.63, 3.8) is 0 Å². The van der Waals surface area contributed by atoms with E-state index in [1.54, 1.807) is 19.2 Å². The molecule has 2 N–H and O–H groups in total. The number of nitrogens with one attached hydrogen (secondary N) is 2. The van der Waals surface area contributed by atoms with E-state index in [-0.39, 0.29) is 11.9 Å². The Balaban J connectivity index is 1.67. The summed E-state index contributed by atoms with van der Waals surface area (Å²) in [7, 11) is 1.63. The van der Waals surface area contributed by atoms with Crippen LogP contribution in [0.1, 0.15) is 23.0 Å². The Bertz CT molecular complexity index is 1050. The molecule has 1 aromatic heterocycles. The average Bonchev–Trinajstić information content (AvgIpc) is 3.10. The smallest absolute Gasteiger partial charge is 0.240 e. The van der Waals surface area contributed by atoms with Crippen molar-refractivity contribution in [2.24, 2.45) is 0 Å². The molecule has 150 valence electrons. The van der Waals surface area contributed by atoms with E-state index in [0.29, 0.717) is 15.9 Å². The van der Waals surface area contributed by atoms with E-state index in [2.05, 4.69) is 20.9 Å².